The molecule has 130 valence electrons. The monoisotopic (exact) mass is 323 g/mol. The van der Waals surface area contributed by atoms with Crippen molar-refractivity contribution in [3.63, 3.8) is 0 Å². The van der Waals surface area contributed by atoms with Gasteiger partial charge in [0.1, 0.15) is 0 Å². The highest BCUT2D eigenvalue weighted by atomic mass is 16.5. The third kappa shape index (κ3) is 5.88. The molecule has 0 aliphatic rings. The lowest BCUT2D eigenvalue weighted by Gasteiger charge is -2.23. The van der Waals surface area contributed by atoms with Crippen molar-refractivity contribution in [3.05, 3.63) is 17.7 Å². The standard InChI is InChI=1S/C17H29N3O3/c1-8-18-16(20-17(2,3)4)19-11-12-9-13(21-5)15(23-7)14(10-12)22-6/h9-10H,8,11H2,1-7H3,(H2,18,19,20). The van der Waals surface area contributed by atoms with Crippen LogP contribution in [0.4, 0.5) is 0 Å². The summed E-state index contributed by atoms with van der Waals surface area (Å²) in [6.07, 6.45) is 0. The van der Waals surface area contributed by atoms with Crippen molar-refractivity contribution in [1.29, 1.82) is 0 Å². The van der Waals surface area contributed by atoms with Crippen molar-refractivity contribution in [2.75, 3.05) is 27.9 Å². The quantitative estimate of drug-likeness (QED) is 0.622. The van der Waals surface area contributed by atoms with Gasteiger partial charge in [-0.1, -0.05) is 0 Å². The van der Waals surface area contributed by atoms with Crippen molar-refractivity contribution < 1.29 is 14.2 Å². The van der Waals surface area contributed by atoms with Crippen molar-refractivity contribution >= 4 is 5.96 Å². The molecule has 0 atom stereocenters. The number of hydrogen-bond acceptors (Lipinski definition) is 4. The van der Waals surface area contributed by atoms with Crippen molar-refractivity contribution in [3.8, 4) is 17.2 Å². The van der Waals surface area contributed by atoms with E-state index in [1.165, 1.54) is 0 Å². The zero-order valence-corrected chi connectivity index (χ0v) is 15.2. The molecule has 0 radical (unpaired) electrons. The molecular weight excluding hydrogens is 294 g/mol. The van der Waals surface area contributed by atoms with Gasteiger partial charge in [0.05, 0.1) is 27.9 Å². The minimum Gasteiger partial charge on any atom is -0.493 e. The summed E-state index contributed by atoms with van der Waals surface area (Å²) in [4.78, 5) is 4.62. The van der Waals surface area contributed by atoms with Crippen LogP contribution in [0.2, 0.25) is 0 Å². The molecule has 0 fully saturated rings. The highest BCUT2D eigenvalue weighted by molar-refractivity contribution is 5.80. The van der Waals surface area contributed by atoms with Crippen LogP contribution in [0.3, 0.4) is 0 Å². The Kier molecular flexibility index (Phi) is 7.00. The van der Waals surface area contributed by atoms with E-state index >= 15 is 0 Å². The molecule has 1 aromatic rings. The first-order valence-corrected chi connectivity index (χ1v) is 7.70. The van der Waals surface area contributed by atoms with Gasteiger partial charge in [-0.25, -0.2) is 4.99 Å². The molecule has 0 saturated heterocycles. The Balaban J connectivity index is 3.04. The minimum absolute atomic E-state index is 0.0592. The van der Waals surface area contributed by atoms with Gasteiger partial charge >= 0.3 is 0 Å². The highest BCUT2D eigenvalue weighted by Crippen LogP contribution is 2.38. The van der Waals surface area contributed by atoms with Crippen LogP contribution in [0.15, 0.2) is 17.1 Å². The van der Waals surface area contributed by atoms with Crippen LogP contribution in [-0.4, -0.2) is 39.4 Å². The molecule has 0 aliphatic heterocycles. The summed E-state index contributed by atoms with van der Waals surface area (Å²) in [5, 5.41) is 6.60. The molecule has 6 heteroatoms. The normalized spacial score (nSPS) is 11.9. The van der Waals surface area contributed by atoms with Crippen LogP contribution in [0, 0.1) is 0 Å². The van der Waals surface area contributed by atoms with Gasteiger partial charge in [0.2, 0.25) is 5.75 Å². The SMILES string of the molecule is CCNC(=NCc1cc(OC)c(OC)c(OC)c1)NC(C)(C)C. The van der Waals surface area contributed by atoms with Crippen LogP contribution >= 0.6 is 0 Å². The number of ether oxygens (including phenoxy) is 3. The van der Waals surface area contributed by atoms with Crippen molar-refractivity contribution in [1.82, 2.24) is 10.6 Å². The number of benzene rings is 1. The first kappa shape index (κ1) is 18.9. The lowest BCUT2D eigenvalue weighted by molar-refractivity contribution is 0.324. The van der Waals surface area contributed by atoms with Crippen LogP contribution < -0.4 is 24.8 Å². The Labute approximate surface area is 139 Å². The molecule has 0 aromatic heterocycles. The van der Waals surface area contributed by atoms with E-state index in [2.05, 4.69) is 36.4 Å². The maximum atomic E-state index is 5.37. The summed E-state index contributed by atoms with van der Waals surface area (Å²) < 4.78 is 16.1. The zero-order valence-electron chi connectivity index (χ0n) is 15.2. The summed E-state index contributed by atoms with van der Waals surface area (Å²) in [5.41, 5.74) is 0.918. The number of aliphatic imine (C=N–C) groups is 1. The second kappa shape index (κ2) is 8.50. The molecule has 0 aliphatic carbocycles. The van der Waals surface area contributed by atoms with E-state index in [0.29, 0.717) is 23.8 Å². The first-order chi connectivity index (χ1) is 10.8. The Morgan fingerprint density at radius 3 is 2.00 bits per heavy atom. The van der Waals surface area contributed by atoms with E-state index in [-0.39, 0.29) is 5.54 Å². The maximum absolute atomic E-state index is 5.37. The van der Waals surface area contributed by atoms with Gasteiger partial charge in [0, 0.05) is 12.1 Å². The molecule has 0 unspecified atom stereocenters. The highest BCUT2D eigenvalue weighted by Gasteiger charge is 2.14. The van der Waals surface area contributed by atoms with E-state index < -0.39 is 0 Å². The van der Waals surface area contributed by atoms with Crippen LogP contribution in [0.1, 0.15) is 33.3 Å². The Bertz CT molecular complexity index is 511. The van der Waals surface area contributed by atoms with Crippen LogP contribution in [0.25, 0.3) is 0 Å². The fraction of sp³-hybridized carbons (Fsp3) is 0.588. The van der Waals surface area contributed by atoms with Gasteiger partial charge in [-0.2, -0.15) is 0 Å². The van der Waals surface area contributed by atoms with Crippen LogP contribution in [0.5, 0.6) is 17.2 Å². The molecule has 0 amide bonds. The molecule has 0 spiro atoms. The average Bonchev–Trinajstić information content (AvgIpc) is 2.50. The molecule has 1 rings (SSSR count). The number of rotatable bonds is 6. The van der Waals surface area contributed by atoms with Gasteiger partial charge in [0.25, 0.3) is 0 Å². The number of nitrogens with one attached hydrogen (secondary N) is 2. The lowest BCUT2D eigenvalue weighted by atomic mass is 10.1. The third-order valence-electron chi connectivity index (χ3n) is 2.98. The topological polar surface area (TPSA) is 64.1 Å². The van der Waals surface area contributed by atoms with E-state index in [0.717, 1.165) is 18.1 Å². The summed E-state index contributed by atoms with van der Waals surface area (Å²) in [6, 6.07) is 3.82. The molecule has 0 heterocycles. The van der Waals surface area contributed by atoms with Crippen molar-refractivity contribution in [2.45, 2.75) is 39.8 Å². The zero-order chi connectivity index (χ0) is 17.5. The smallest absolute Gasteiger partial charge is 0.203 e. The predicted octanol–water partition coefficient (Wildman–Crippen LogP) is 2.57. The number of hydrogen-bond donors (Lipinski definition) is 2. The largest absolute Gasteiger partial charge is 0.493 e. The van der Waals surface area contributed by atoms with Gasteiger partial charge in [0.15, 0.2) is 17.5 Å². The summed E-state index contributed by atoms with van der Waals surface area (Å²) >= 11 is 0. The lowest BCUT2D eigenvalue weighted by Crippen LogP contribution is -2.47. The average molecular weight is 323 g/mol. The molecule has 0 bridgehead atoms. The maximum Gasteiger partial charge on any atom is 0.203 e. The van der Waals surface area contributed by atoms with Crippen LogP contribution in [-0.2, 0) is 6.54 Å². The number of nitrogens with zero attached hydrogens (tertiary/aromatic N) is 1. The van der Waals surface area contributed by atoms with Gasteiger partial charge in [-0.3, -0.25) is 0 Å². The minimum atomic E-state index is -0.0592. The molecule has 1 aromatic carbocycles. The van der Waals surface area contributed by atoms with E-state index in [9.17, 15) is 0 Å². The number of guanidine groups is 1. The second-order valence-corrected chi connectivity index (χ2v) is 6.10. The van der Waals surface area contributed by atoms with E-state index in [4.69, 9.17) is 14.2 Å². The molecule has 6 nitrogen and oxygen atoms in total. The Morgan fingerprint density at radius 1 is 1.04 bits per heavy atom. The summed E-state index contributed by atoms with van der Waals surface area (Å²) in [5.74, 6) is 2.62. The molecule has 23 heavy (non-hydrogen) atoms. The fourth-order valence-electron chi connectivity index (χ4n) is 2.06. The first-order valence-electron chi connectivity index (χ1n) is 7.70. The van der Waals surface area contributed by atoms with Gasteiger partial charge in [-0.05, 0) is 45.4 Å². The predicted molar refractivity (Wildman–Crippen MR) is 93.8 cm³/mol. The van der Waals surface area contributed by atoms with Gasteiger partial charge in [-0.15, -0.1) is 0 Å². The third-order valence-corrected chi connectivity index (χ3v) is 2.98. The number of methoxy groups -OCH3 is 3. The van der Waals surface area contributed by atoms with E-state index in [1.54, 1.807) is 21.3 Å². The Morgan fingerprint density at radius 2 is 1.61 bits per heavy atom. The Hall–Kier alpha value is -2.11. The summed E-state index contributed by atoms with van der Waals surface area (Å²) in [7, 11) is 4.81. The molecule has 2 N–H and O–H groups in total. The summed E-state index contributed by atoms with van der Waals surface area (Å²) in [6.45, 7) is 9.64. The van der Waals surface area contributed by atoms with E-state index in [1.807, 2.05) is 19.1 Å². The second-order valence-electron chi connectivity index (χ2n) is 6.10. The van der Waals surface area contributed by atoms with Gasteiger partial charge < -0.3 is 24.8 Å². The molecular formula is C17H29N3O3. The van der Waals surface area contributed by atoms with Crippen molar-refractivity contribution in [2.24, 2.45) is 4.99 Å². The molecule has 0 saturated carbocycles. The fourth-order valence-corrected chi connectivity index (χ4v) is 2.06.